The monoisotopic (exact) mass is 222 g/mol. The first-order valence-electron chi connectivity index (χ1n) is 4.19. The topological polar surface area (TPSA) is 89.3 Å². The second kappa shape index (κ2) is 5.38. The Bertz CT molecular complexity index is 263. The third kappa shape index (κ3) is 6.53. The Hall–Kier alpha value is -1.53. The zero-order valence-electron chi connectivity index (χ0n) is 8.13. The number of carbonyl (C=O) groups is 3. The van der Waals surface area contributed by atoms with E-state index in [0.29, 0.717) is 6.92 Å². The number of nitrogens with two attached hydrogens (primary N) is 1. The van der Waals surface area contributed by atoms with Crippen molar-refractivity contribution in [2.75, 3.05) is 0 Å². The molecule has 0 radical (unpaired) electrons. The summed E-state index contributed by atoms with van der Waals surface area (Å²) in [4.78, 5) is 31.2. The summed E-state index contributed by atoms with van der Waals surface area (Å²) in [5, 5.41) is 1.92. The van der Waals surface area contributed by atoms with Crippen LogP contribution in [0.15, 0.2) is 0 Å². The Kier molecular flexibility index (Phi) is 4.83. The van der Waals surface area contributed by atoms with Crippen LogP contribution < -0.4 is 11.1 Å². The molecule has 0 aromatic heterocycles. The van der Waals surface area contributed by atoms with Gasteiger partial charge in [0.1, 0.15) is 6.04 Å². The first-order valence-corrected chi connectivity index (χ1v) is 4.19. The maximum absolute atomic E-state index is 12.4. The summed E-state index contributed by atoms with van der Waals surface area (Å²) in [6.45, 7) is 0.687. The molecular weight excluding hydrogens is 210 g/mol. The maximum atomic E-state index is 12.4. The number of amides is 2. The second-order valence-electron chi connectivity index (χ2n) is 3.19. The van der Waals surface area contributed by atoms with Crippen molar-refractivity contribution < 1.29 is 23.2 Å². The maximum Gasteiger partial charge on any atom is 0.284 e. The molecule has 3 N–H and O–H groups in total. The predicted molar refractivity (Wildman–Crippen MR) is 47.0 cm³/mol. The molecule has 0 rings (SSSR count). The molecule has 0 aliphatic rings. The number of nitrogens with one attached hydrogen (secondary N) is 1. The highest BCUT2D eigenvalue weighted by Gasteiger charge is 2.26. The van der Waals surface area contributed by atoms with E-state index in [0.717, 1.165) is 0 Å². The summed E-state index contributed by atoms with van der Waals surface area (Å²) in [7, 11) is 0. The van der Waals surface area contributed by atoms with E-state index < -0.39 is 30.2 Å². The van der Waals surface area contributed by atoms with Crippen molar-refractivity contribution in [3.63, 3.8) is 0 Å². The fourth-order valence-corrected chi connectivity index (χ4v) is 0.889. The van der Waals surface area contributed by atoms with Gasteiger partial charge in [0, 0.05) is 6.42 Å². The number of aldehydes is 1. The molecular formula is C8H12F2N2O3. The molecule has 2 amide bonds. The summed E-state index contributed by atoms with van der Waals surface area (Å²) in [5.41, 5.74) is 4.85. The molecule has 0 bridgehead atoms. The highest BCUT2D eigenvalue weighted by molar-refractivity contribution is 6.24. The lowest BCUT2D eigenvalue weighted by Gasteiger charge is -2.16. The van der Waals surface area contributed by atoms with Crippen molar-refractivity contribution >= 4 is 18.1 Å². The fraction of sp³-hybridized carbons (Fsp3) is 0.625. The Labute approximate surface area is 85.0 Å². The molecule has 1 unspecified atom stereocenters. The summed E-state index contributed by atoms with van der Waals surface area (Å²) < 4.78 is 24.9. The molecule has 86 valence electrons. The first-order chi connectivity index (χ1) is 6.76. The first kappa shape index (κ1) is 13.5. The normalized spacial score (nSPS) is 13.0. The number of hydrogen-bond acceptors (Lipinski definition) is 3. The van der Waals surface area contributed by atoms with Crippen molar-refractivity contribution in [3.05, 3.63) is 0 Å². The highest BCUT2D eigenvalue weighted by Crippen LogP contribution is 2.19. The minimum absolute atomic E-state index is 0.0555. The van der Waals surface area contributed by atoms with E-state index in [9.17, 15) is 23.2 Å². The zero-order chi connectivity index (χ0) is 12.1. The number of carbonyl (C=O) groups excluding carboxylic acids is 3. The van der Waals surface area contributed by atoms with Crippen LogP contribution in [0.4, 0.5) is 8.78 Å². The molecule has 15 heavy (non-hydrogen) atoms. The van der Waals surface area contributed by atoms with E-state index in [1.807, 2.05) is 5.32 Å². The lowest BCUT2D eigenvalue weighted by molar-refractivity contribution is -0.133. The zero-order valence-corrected chi connectivity index (χ0v) is 8.13. The smallest absolute Gasteiger partial charge is 0.284 e. The van der Waals surface area contributed by atoms with E-state index >= 15 is 0 Å². The minimum atomic E-state index is -2.94. The van der Waals surface area contributed by atoms with Crippen molar-refractivity contribution in [3.8, 4) is 0 Å². The quantitative estimate of drug-likeness (QED) is 0.473. The van der Waals surface area contributed by atoms with Gasteiger partial charge in [0.25, 0.3) is 5.91 Å². The van der Waals surface area contributed by atoms with Gasteiger partial charge < -0.3 is 11.1 Å². The van der Waals surface area contributed by atoms with Gasteiger partial charge in [-0.2, -0.15) is 0 Å². The van der Waals surface area contributed by atoms with Gasteiger partial charge in [0.2, 0.25) is 18.1 Å². The second-order valence-corrected chi connectivity index (χ2v) is 3.19. The molecule has 0 spiro atoms. The lowest BCUT2D eigenvalue weighted by atomic mass is 10.1. The summed E-state index contributed by atoms with van der Waals surface area (Å²) in [6, 6.07) is -1.24. The molecule has 0 aliphatic heterocycles. The molecule has 0 aromatic rings. The summed E-state index contributed by atoms with van der Waals surface area (Å²) >= 11 is 0. The van der Waals surface area contributed by atoms with Gasteiger partial charge in [-0.05, 0) is 13.3 Å². The van der Waals surface area contributed by atoms with Crippen LogP contribution in [0.1, 0.15) is 19.8 Å². The van der Waals surface area contributed by atoms with Crippen LogP contribution in [-0.4, -0.2) is 30.1 Å². The SMILES string of the molecule is CC(F)(F)CCC(NC(=O)C=O)C(N)=O. The fourth-order valence-electron chi connectivity index (χ4n) is 0.889. The predicted octanol–water partition coefficient (Wildman–Crippen LogP) is -0.409. The van der Waals surface area contributed by atoms with Crippen molar-refractivity contribution in [2.45, 2.75) is 31.7 Å². The van der Waals surface area contributed by atoms with Crippen molar-refractivity contribution in [1.82, 2.24) is 5.32 Å². The molecule has 0 saturated carbocycles. The summed E-state index contributed by atoms with van der Waals surface area (Å²) in [5.74, 6) is -4.95. The Morgan fingerprint density at radius 3 is 2.40 bits per heavy atom. The average molecular weight is 222 g/mol. The van der Waals surface area contributed by atoms with E-state index in [-0.39, 0.29) is 12.7 Å². The Balaban J connectivity index is 4.23. The highest BCUT2D eigenvalue weighted by atomic mass is 19.3. The standard InChI is InChI=1S/C8H12F2N2O3/c1-8(9,10)3-2-5(7(11)15)12-6(14)4-13/h4-5H,2-3H2,1H3,(H2,11,15)(H,12,14). The number of halogens is 2. The van der Waals surface area contributed by atoms with Crippen LogP contribution in [0.3, 0.4) is 0 Å². The van der Waals surface area contributed by atoms with Crippen LogP contribution in [0.25, 0.3) is 0 Å². The molecule has 0 aromatic carbocycles. The number of hydrogen-bond donors (Lipinski definition) is 2. The van der Waals surface area contributed by atoms with Crippen molar-refractivity contribution in [2.24, 2.45) is 5.73 Å². The molecule has 0 heterocycles. The van der Waals surface area contributed by atoms with Gasteiger partial charge in [0.15, 0.2) is 0 Å². The van der Waals surface area contributed by atoms with Gasteiger partial charge in [-0.25, -0.2) is 8.78 Å². The van der Waals surface area contributed by atoms with Gasteiger partial charge in [-0.3, -0.25) is 14.4 Å². The summed E-state index contributed by atoms with van der Waals surface area (Å²) in [6.07, 6.45) is -0.960. The Morgan fingerprint density at radius 1 is 1.53 bits per heavy atom. The van der Waals surface area contributed by atoms with Crippen LogP contribution in [-0.2, 0) is 14.4 Å². The largest absolute Gasteiger partial charge is 0.368 e. The minimum Gasteiger partial charge on any atom is -0.368 e. The van der Waals surface area contributed by atoms with Crippen LogP contribution in [0.2, 0.25) is 0 Å². The molecule has 0 aliphatic carbocycles. The van der Waals surface area contributed by atoms with Gasteiger partial charge in [-0.1, -0.05) is 0 Å². The van der Waals surface area contributed by atoms with Gasteiger partial charge >= 0.3 is 0 Å². The molecule has 0 fully saturated rings. The van der Waals surface area contributed by atoms with E-state index in [2.05, 4.69) is 0 Å². The Morgan fingerprint density at radius 2 is 2.07 bits per heavy atom. The molecule has 7 heteroatoms. The van der Waals surface area contributed by atoms with E-state index in [4.69, 9.17) is 5.73 Å². The van der Waals surface area contributed by atoms with E-state index in [1.165, 1.54) is 0 Å². The lowest BCUT2D eigenvalue weighted by Crippen LogP contribution is -2.45. The molecule has 5 nitrogen and oxygen atoms in total. The molecule has 0 saturated heterocycles. The third-order valence-corrected chi connectivity index (χ3v) is 1.64. The van der Waals surface area contributed by atoms with Crippen LogP contribution in [0.5, 0.6) is 0 Å². The molecule has 1 atom stereocenters. The van der Waals surface area contributed by atoms with E-state index in [1.54, 1.807) is 0 Å². The number of primary amides is 1. The van der Waals surface area contributed by atoms with Crippen molar-refractivity contribution in [1.29, 1.82) is 0 Å². The number of rotatable bonds is 6. The van der Waals surface area contributed by atoms with Crippen LogP contribution in [0, 0.1) is 0 Å². The number of alkyl halides is 2. The van der Waals surface area contributed by atoms with Crippen LogP contribution >= 0.6 is 0 Å². The van der Waals surface area contributed by atoms with Gasteiger partial charge in [-0.15, -0.1) is 0 Å². The van der Waals surface area contributed by atoms with Gasteiger partial charge in [0.05, 0.1) is 0 Å². The third-order valence-electron chi connectivity index (χ3n) is 1.64. The average Bonchev–Trinajstić information content (AvgIpc) is 2.09.